The van der Waals surface area contributed by atoms with Crippen LogP contribution in [0.1, 0.15) is 31.2 Å². The number of alkyl halides is 1. The van der Waals surface area contributed by atoms with Crippen LogP contribution in [0.3, 0.4) is 0 Å². The van der Waals surface area contributed by atoms with E-state index in [1.165, 1.54) is 12.8 Å². The van der Waals surface area contributed by atoms with E-state index in [0.717, 1.165) is 41.8 Å². The number of hydrogen-bond donors (Lipinski definition) is 0. The highest BCUT2D eigenvalue weighted by Crippen LogP contribution is 2.24. The Labute approximate surface area is 122 Å². The number of halogens is 2. The Hall–Kier alpha value is -0.250. The van der Waals surface area contributed by atoms with Crippen molar-refractivity contribution < 1.29 is 9.47 Å². The van der Waals surface area contributed by atoms with Crippen molar-refractivity contribution in [2.45, 2.75) is 37.7 Å². The molecule has 0 N–H and O–H groups in total. The Balaban J connectivity index is 1.72. The lowest BCUT2D eigenvalue weighted by molar-refractivity contribution is 0.0981. The van der Waals surface area contributed by atoms with Crippen LogP contribution in [0.4, 0.5) is 0 Å². The van der Waals surface area contributed by atoms with E-state index in [0.29, 0.717) is 12.0 Å². The van der Waals surface area contributed by atoms with E-state index in [4.69, 9.17) is 21.1 Å². The minimum Gasteiger partial charge on any atom is -0.494 e. The average Bonchev–Trinajstić information content (AvgIpc) is 2.89. The first-order chi connectivity index (χ1) is 8.79. The Kier molecular flexibility index (Phi) is 5.80. The molecule has 100 valence electrons. The summed E-state index contributed by atoms with van der Waals surface area (Å²) in [6.45, 7) is 1.67. The zero-order valence-corrected chi connectivity index (χ0v) is 12.7. The molecule has 0 radical (unpaired) electrons. The third-order valence-corrected chi connectivity index (χ3v) is 4.19. The molecule has 2 nitrogen and oxygen atoms in total. The molecule has 1 fully saturated rings. The molecule has 1 aliphatic heterocycles. The van der Waals surface area contributed by atoms with Gasteiger partial charge in [-0.2, -0.15) is 0 Å². The molecule has 1 unspecified atom stereocenters. The summed E-state index contributed by atoms with van der Waals surface area (Å²) in [7, 11) is 0. The lowest BCUT2D eigenvalue weighted by Gasteiger charge is -2.11. The fraction of sp³-hybridized carbons (Fsp3) is 0.571. The van der Waals surface area contributed by atoms with Crippen LogP contribution in [0.5, 0.6) is 5.75 Å². The predicted octanol–water partition coefficient (Wildman–Crippen LogP) is 4.53. The molecule has 1 saturated heterocycles. The van der Waals surface area contributed by atoms with E-state index < -0.39 is 0 Å². The minimum absolute atomic E-state index is 0.455. The monoisotopic (exact) mass is 332 g/mol. The topological polar surface area (TPSA) is 18.5 Å². The van der Waals surface area contributed by atoms with Crippen molar-refractivity contribution in [2.75, 3.05) is 13.2 Å². The third-order valence-electron chi connectivity index (χ3n) is 3.12. The average molecular weight is 334 g/mol. The molecule has 1 heterocycles. The van der Waals surface area contributed by atoms with Crippen LogP contribution in [0, 0.1) is 0 Å². The Morgan fingerprint density at radius 1 is 1.44 bits per heavy atom. The number of ether oxygens (including phenoxy) is 2. The standard InChI is InChI=1S/C14H18BrClO2/c15-14-6-5-13(9-11(14)10-16)18-8-2-4-12-3-1-7-17-12/h5-6,9,12H,1-4,7-8,10H2. The summed E-state index contributed by atoms with van der Waals surface area (Å²) in [4.78, 5) is 0. The fourth-order valence-corrected chi connectivity index (χ4v) is 2.89. The smallest absolute Gasteiger partial charge is 0.119 e. The second kappa shape index (κ2) is 7.37. The Bertz CT molecular complexity index is 378. The first-order valence-corrected chi connectivity index (χ1v) is 7.71. The van der Waals surface area contributed by atoms with E-state index >= 15 is 0 Å². The molecule has 1 aliphatic rings. The molecular weight excluding hydrogens is 316 g/mol. The van der Waals surface area contributed by atoms with Crippen molar-refractivity contribution in [3.05, 3.63) is 28.2 Å². The van der Waals surface area contributed by atoms with Gasteiger partial charge >= 0.3 is 0 Å². The molecule has 0 bridgehead atoms. The summed E-state index contributed by atoms with van der Waals surface area (Å²) < 4.78 is 12.3. The van der Waals surface area contributed by atoms with Gasteiger partial charge in [0, 0.05) is 17.0 Å². The summed E-state index contributed by atoms with van der Waals surface area (Å²) in [6, 6.07) is 5.93. The normalized spacial score (nSPS) is 19.1. The van der Waals surface area contributed by atoms with Crippen molar-refractivity contribution in [3.8, 4) is 5.75 Å². The van der Waals surface area contributed by atoms with E-state index in [2.05, 4.69) is 15.9 Å². The molecule has 1 aromatic carbocycles. The predicted molar refractivity (Wildman–Crippen MR) is 77.4 cm³/mol. The molecule has 0 spiro atoms. The zero-order chi connectivity index (χ0) is 12.8. The summed E-state index contributed by atoms with van der Waals surface area (Å²) >= 11 is 9.31. The minimum atomic E-state index is 0.455. The molecule has 1 atom stereocenters. The van der Waals surface area contributed by atoms with Gasteiger partial charge in [0.25, 0.3) is 0 Å². The van der Waals surface area contributed by atoms with Crippen molar-refractivity contribution in [1.82, 2.24) is 0 Å². The first kappa shape index (κ1) is 14.2. The molecule has 2 rings (SSSR count). The molecule has 0 aliphatic carbocycles. The zero-order valence-electron chi connectivity index (χ0n) is 10.3. The maximum absolute atomic E-state index is 5.85. The third kappa shape index (κ3) is 4.15. The molecular formula is C14H18BrClO2. The van der Waals surface area contributed by atoms with Gasteiger partial charge in [-0.05, 0) is 49.4 Å². The highest BCUT2D eigenvalue weighted by molar-refractivity contribution is 9.10. The van der Waals surface area contributed by atoms with Crippen LogP contribution in [-0.4, -0.2) is 19.3 Å². The number of hydrogen-bond acceptors (Lipinski definition) is 2. The van der Waals surface area contributed by atoms with Gasteiger partial charge in [0.1, 0.15) is 5.75 Å². The van der Waals surface area contributed by atoms with Gasteiger partial charge in [0.05, 0.1) is 12.7 Å². The van der Waals surface area contributed by atoms with Crippen molar-refractivity contribution in [3.63, 3.8) is 0 Å². The molecule has 1 aromatic rings. The summed E-state index contributed by atoms with van der Waals surface area (Å²) in [6.07, 6.45) is 5.00. The van der Waals surface area contributed by atoms with Crippen molar-refractivity contribution in [2.24, 2.45) is 0 Å². The molecule has 18 heavy (non-hydrogen) atoms. The molecule has 0 amide bonds. The fourth-order valence-electron chi connectivity index (χ4n) is 2.12. The van der Waals surface area contributed by atoms with Gasteiger partial charge in [0.15, 0.2) is 0 Å². The highest BCUT2D eigenvalue weighted by atomic mass is 79.9. The summed E-state index contributed by atoms with van der Waals surface area (Å²) in [5, 5.41) is 0. The van der Waals surface area contributed by atoms with Gasteiger partial charge in [-0.1, -0.05) is 15.9 Å². The van der Waals surface area contributed by atoms with Gasteiger partial charge in [-0.25, -0.2) is 0 Å². The van der Waals surface area contributed by atoms with Crippen LogP contribution >= 0.6 is 27.5 Å². The van der Waals surface area contributed by atoms with Crippen LogP contribution in [0.2, 0.25) is 0 Å². The quantitative estimate of drug-likeness (QED) is 0.562. The van der Waals surface area contributed by atoms with Crippen LogP contribution in [0.25, 0.3) is 0 Å². The van der Waals surface area contributed by atoms with E-state index in [-0.39, 0.29) is 0 Å². The van der Waals surface area contributed by atoms with Gasteiger partial charge in [-0.15, -0.1) is 11.6 Å². The van der Waals surface area contributed by atoms with Crippen molar-refractivity contribution in [1.29, 1.82) is 0 Å². The highest BCUT2D eigenvalue weighted by Gasteiger charge is 2.14. The second-order valence-electron chi connectivity index (χ2n) is 4.51. The van der Waals surface area contributed by atoms with Gasteiger partial charge < -0.3 is 9.47 Å². The number of benzene rings is 1. The number of rotatable bonds is 6. The summed E-state index contributed by atoms with van der Waals surface area (Å²) in [5.41, 5.74) is 1.06. The molecule has 4 heteroatoms. The lowest BCUT2D eigenvalue weighted by Crippen LogP contribution is -2.07. The SMILES string of the molecule is ClCc1cc(OCCCC2CCCO2)ccc1Br. The van der Waals surface area contributed by atoms with Crippen LogP contribution in [0.15, 0.2) is 22.7 Å². The Morgan fingerprint density at radius 2 is 2.33 bits per heavy atom. The second-order valence-corrected chi connectivity index (χ2v) is 5.63. The van der Waals surface area contributed by atoms with Crippen LogP contribution < -0.4 is 4.74 Å². The van der Waals surface area contributed by atoms with Crippen molar-refractivity contribution >= 4 is 27.5 Å². The van der Waals surface area contributed by atoms with Gasteiger partial charge in [0.2, 0.25) is 0 Å². The molecule has 0 aromatic heterocycles. The maximum Gasteiger partial charge on any atom is 0.119 e. The Morgan fingerprint density at radius 3 is 3.06 bits per heavy atom. The van der Waals surface area contributed by atoms with E-state index in [9.17, 15) is 0 Å². The van der Waals surface area contributed by atoms with E-state index in [1.807, 2.05) is 18.2 Å². The van der Waals surface area contributed by atoms with Gasteiger partial charge in [-0.3, -0.25) is 0 Å². The molecule has 0 saturated carbocycles. The van der Waals surface area contributed by atoms with E-state index in [1.54, 1.807) is 0 Å². The lowest BCUT2D eigenvalue weighted by atomic mass is 10.1. The first-order valence-electron chi connectivity index (χ1n) is 6.38. The maximum atomic E-state index is 5.85. The van der Waals surface area contributed by atoms with Crippen LogP contribution in [-0.2, 0) is 10.6 Å². The largest absolute Gasteiger partial charge is 0.494 e. The summed E-state index contributed by atoms with van der Waals surface area (Å²) in [5.74, 6) is 1.38.